The van der Waals surface area contributed by atoms with E-state index in [2.05, 4.69) is 19.2 Å². The number of nitrogens with one attached hydrogen (secondary N) is 2. The third kappa shape index (κ3) is 2.78. The quantitative estimate of drug-likeness (QED) is 0.786. The number of hydrogen-bond donors (Lipinski definition) is 2. The van der Waals surface area contributed by atoms with Crippen LogP contribution in [-0.4, -0.2) is 12.1 Å². The van der Waals surface area contributed by atoms with E-state index in [1.165, 1.54) is 0 Å². The summed E-state index contributed by atoms with van der Waals surface area (Å²) in [5.74, 6) is 0.858. The number of anilines is 1. The fourth-order valence-electron chi connectivity index (χ4n) is 2.73. The van der Waals surface area contributed by atoms with Gasteiger partial charge in [0.25, 0.3) is 0 Å². The lowest BCUT2D eigenvalue weighted by Crippen LogP contribution is -2.51. The SMILES string of the molecule is CC1CCC(C)C(Nc2ccccc2)C1NF. The zero-order valence-corrected chi connectivity index (χ0v) is 10.5. The Labute approximate surface area is 103 Å². The molecule has 4 unspecified atom stereocenters. The molecule has 17 heavy (non-hydrogen) atoms. The average Bonchev–Trinajstić information content (AvgIpc) is 2.35. The highest BCUT2D eigenvalue weighted by Crippen LogP contribution is 2.31. The van der Waals surface area contributed by atoms with E-state index in [4.69, 9.17) is 0 Å². The molecule has 2 N–H and O–H groups in total. The molecule has 2 rings (SSSR count). The molecule has 0 spiro atoms. The van der Waals surface area contributed by atoms with Gasteiger partial charge in [0.2, 0.25) is 0 Å². The fraction of sp³-hybridized carbons (Fsp3) is 0.571. The van der Waals surface area contributed by atoms with Gasteiger partial charge in [-0.1, -0.05) is 32.0 Å². The summed E-state index contributed by atoms with van der Waals surface area (Å²) in [5.41, 5.74) is 3.06. The minimum atomic E-state index is -0.0982. The molecule has 0 aliphatic heterocycles. The lowest BCUT2D eigenvalue weighted by Gasteiger charge is -2.40. The summed E-state index contributed by atoms with van der Waals surface area (Å²) in [6.45, 7) is 4.31. The van der Waals surface area contributed by atoms with E-state index < -0.39 is 0 Å². The lowest BCUT2D eigenvalue weighted by molar-refractivity contribution is 0.134. The van der Waals surface area contributed by atoms with E-state index >= 15 is 0 Å². The molecule has 1 aromatic carbocycles. The van der Waals surface area contributed by atoms with Crippen LogP contribution in [0.4, 0.5) is 10.2 Å². The van der Waals surface area contributed by atoms with Gasteiger partial charge in [-0.15, -0.1) is 4.48 Å². The molecule has 4 atom stereocenters. The third-order valence-electron chi connectivity index (χ3n) is 3.92. The largest absolute Gasteiger partial charge is 0.380 e. The molecule has 0 saturated heterocycles. The Kier molecular flexibility index (Phi) is 4.00. The van der Waals surface area contributed by atoms with Crippen molar-refractivity contribution >= 4 is 5.69 Å². The normalized spacial score (nSPS) is 33.4. The number of benzene rings is 1. The summed E-state index contributed by atoms with van der Waals surface area (Å²) in [5, 5.41) is 3.46. The highest BCUT2D eigenvalue weighted by atomic mass is 19.2. The molecule has 1 aliphatic rings. The van der Waals surface area contributed by atoms with Gasteiger partial charge in [0, 0.05) is 11.7 Å². The van der Waals surface area contributed by atoms with Crippen LogP contribution in [0, 0.1) is 11.8 Å². The van der Waals surface area contributed by atoms with Gasteiger partial charge in [0.15, 0.2) is 0 Å². The first-order valence-corrected chi connectivity index (χ1v) is 6.40. The van der Waals surface area contributed by atoms with Gasteiger partial charge >= 0.3 is 0 Å². The molecule has 94 valence electrons. The molecule has 1 saturated carbocycles. The summed E-state index contributed by atoms with van der Waals surface area (Å²) in [6, 6.07) is 10.1. The maximum atomic E-state index is 13.0. The van der Waals surface area contributed by atoms with Crippen molar-refractivity contribution in [2.45, 2.75) is 38.8 Å². The summed E-state index contributed by atoms with van der Waals surface area (Å²) in [6.07, 6.45) is 2.25. The van der Waals surface area contributed by atoms with Gasteiger partial charge in [-0.05, 0) is 36.8 Å². The van der Waals surface area contributed by atoms with E-state index in [1.54, 1.807) is 0 Å². The van der Waals surface area contributed by atoms with Crippen molar-refractivity contribution in [3.8, 4) is 0 Å². The van der Waals surface area contributed by atoms with Gasteiger partial charge in [-0.2, -0.15) is 5.54 Å². The highest BCUT2D eigenvalue weighted by Gasteiger charge is 2.35. The zero-order valence-electron chi connectivity index (χ0n) is 10.5. The number of halogens is 1. The Hall–Kier alpha value is -1.09. The van der Waals surface area contributed by atoms with E-state index in [0.29, 0.717) is 11.8 Å². The second-order valence-electron chi connectivity index (χ2n) is 5.20. The molecule has 0 bridgehead atoms. The van der Waals surface area contributed by atoms with Crippen molar-refractivity contribution in [3.63, 3.8) is 0 Å². The van der Waals surface area contributed by atoms with Crippen LogP contribution in [0.15, 0.2) is 30.3 Å². The minimum Gasteiger partial charge on any atom is -0.380 e. The van der Waals surface area contributed by atoms with E-state index in [1.807, 2.05) is 35.9 Å². The van der Waals surface area contributed by atoms with Crippen LogP contribution in [0.3, 0.4) is 0 Å². The predicted octanol–water partition coefficient (Wildman–Crippen LogP) is 3.38. The summed E-state index contributed by atoms with van der Waals surface area (Å²) < 4.78 is 13.0. The van der Waals surface area contributed by atoms with Crippen molar-refractivity contribution < 1.29 is 4.48 Å². The monoisotopic (exact) mass is 236 g/mol. The maximum absolute atomic E-state index is 13.0. The molecule has 0 heterocycles. The second kappa shape index (κ2) is 5.50. The molecule has 3 heteroatoms. The van der Waals surface area contributed by atoms with E-state index in [-0.39, 0.29) is 12.1 Å². The fourth-order valence-corrected chi connectivity index (χ4v) is 2.73. The van der Waals surface area contributed by atoms with Crippen LogP contribution in [0.1, 0.15) is 26.7 Å². The molecule has 0 aromatic heterocycles. The molecule has 2 nitrogen and oxygen atoms in total. The van der Waals surface area contributed by atoms with Crippen molar-refractivity contribution in [2.75, 3.05) is 5.32 Å². The summed E-state index contributed by atoms with van der Waals surface area (Å²) in [7, 11) is 0. The number of para-hydroxylation sites is 1. The van der Waals surface area contributed by atoms with Crippen LogP contribution in [-0.2, 0) is 0 Å². The van der Waals surface area contributed by atoms with Gasteiger partial charge < -0.3 is 5.32 Å². The van der Waals surface area contributed by atoms with Crippen LogP contribution in [0.5, 0.6) is 0 Å². The third-order valence-corrected chi connectivity index (χ3v) is 3.92. The van der Waals surface area contributed by atoms with Crippen molar-refractivity contribution in [2.24, 2.45) is 11.8 Å². The Balaban J connectivity index is 2.10. The first kappa shape index (κ1) is 12.4. The molecule has 1 aliphatic carbocycles. The maximum Gasteiger partial charge on any atom is 0.0601 e. The average molecular weight is 236 g/mol. The van der Waals surface area contributed by atoms with Crippen molar-refractivity contribution in [1.29, 1.82) is 0 Å². The van der Waals surface area contributed by atoms with E-state index in [0.717, 1.165) is 18.5 Å². The smallest absolute Gasteiger partial charge is 0.0601 e. The van der Waals surface area contributed by atoms with Gasteiger partial charge in [-0.25, -0.2) is 0 Å². The Bertz CT molecular complexity index is 341. The second-order valence-corrected chi connectivity index (χ2v) is 5.20. The van der Waals surface area contributed by atoms with Gasteiger partial charge in [0.05, 0.1) is 6.04 Å². The first-order valence-electron chi connectivity index (χ1n) is 6.40. The first-order chi connectivity index (χ1) is 8.22. The van der Waals surface area contributed by atoms with E-state index in [9.17, 15) is 4.48 Å². The minimum absolute atomic E-state index is 0.0982. The molecule has 1 aromatic rings. The van der Waals surface area contributed by atoms with Crippen LogP contribution in [0.25, 0.3) is 0 Å². The highest BCUT2D eigenvalue weighted by molar-refractivity contribution is 5.44. The Morgan fingerprint density at radius 2 is 1.59 bits per heavy atom. The zero-order chi connectivity index (χ0) is 12.3. The van der Waals surface area contributed by atoms with Gasteiger partial charge in [-0.3, -0.25) is 0 Å². The number of rotatable bonds is 3. The topological polar surface area (TPSA) is 24.1 Å². The molecule has 0 amide bonds. The molecular weight excluding hydrogens is 215 g/mol. The predicted molar refractivity (Wildman–Crippen MR) is 69.4 cm³/mol. The molecule has 0 radical (unpaired) electrons. The van der Waals surface area contributed by atoms with Crippen LogP contribution >= 0.6 is 0 Å². The van der Waals surface area contributed by atoms with Crippen LogP contribution < -0.4 is 10.9 Å². The summed E-state index contributed by atoms with van der Waals surface area (Å²) >= 11 is 0. The molecular formula is C14H21FN2. The van der Waals surface area contributed by atoms with Crippen LogP contribution in [0.2, 0.25) is 0 Å². The summed E-state index contributed by atoms with van der Waals surface area (Å²) in [4.78, 5) is 0. The number of hydrogen-bond acceptors (Lipinski definition) is 2. The Morgan fingerprint density at radius 3 is 2.18 bits per heavy atom. The lowest BCUT2D eigenvalue weighted by atomic mass is 9.76. The van der Waals surface area contributed by atoms with Crippen molar-refractivity contribution in [3.05, 3.63) is 30.3 Å². The standard InChI is InChI=1S/C14H21FN2/c1-10-8-9-11(2)14(17-15)13(10)16-12-6-4-3-5-7-12/h3-7,10-11,13-14,16-17H,8-9H2,1-2H3. The van der Waals surface area contributed by atoms with Gasteiger partial charge in [0.1, 0.15) is 0 Å². The van der Waals surface area contributed by atoms with Crippen molar-refractivity contribution in [1.82, 2.24) is 5.54 Å². The Morgan fingerprint density at radius 1 is 1.00 bits per heavy atom. The molecule has 1 fully saturated rings.